The summed E-state index contributed by atoms with van der Waals surface area (Å²) < 4.78 is 1.24. The fourth-order valence-corrected chi connectivity index (χ4v) is 1.46. The summed E-state index contributed by atoms with van der Waals surface area (Å²) in [6, 6.07) is 1.50. The molecular weight excluding hydrogens is 206 g/mol. The molecule has 0 aliphatic rings. The molecular formula is C8H6ClN3O2. The molecule has 0 aliphatic carbocycles. The van der Waals surface area contributed by atoms with Crippen molar-refractivity contribution in [3.05, 3.63) is 38.1 Å². The first-order valence-corrected chi connectivity index (χ1v) is 4.22. The first kappa shape index (κ1) is 8.96. The lowest BCUT2D eigenvalue weighted by molar-refractivity contribution is 0.829. The quantitative estimate of drug-likeness (QED) is 0.681. The molecule has 6 heteroatoms. The Morgan fingerprint density at radius 1 is 1.50 bits per heavy atom. The summed E-state index contributed by atoms with van der Waals surface area (Å²) in [6.07, 6.45) is 1.45. The monoisotopic (exact) mass is 211 g/mol. The SMILES string of the molecule is Cn1c(=O)[nH]c(=O)c2c(Cl)ccnc21. The molecule has 0 aromatic carbocycles. The molecule has 0 saturated heterocycles. The lowest BCUT2D eigenvalue weighted by Gasteiger charge is -2.02. The van der Waals surface area contributed by atoms with Crippen molar-refractivity contribution in [3.8, 4) is 0 Å². The van der Waals surface area contributed by atoms with Crippen molar-refractivity contribution >= 4 is 22.6 Å². The van der Waals surface area contributed by atoms with Crippen molar-refractivity contribution in [2.75, 3.05) is 0 Å². The standard InChI is InChI=1S/C8H6ClN3O2/c1-12-6-5(4(9)2-3-10-6)7(13)11-8(12)14/h2-3H,1H3,(H,11,13,14). The van der Waals surface area contributed by atoms with Gasteiger partial charge in [-0.15, -0.1) is 0 Å². The lowest BCUT2D eigenvalue weighted by atomic mass is 10.3. The highest BCUT2D eigenvalue weighted by atomic mass is 35.5. The zero-order valence-electron chi connectivity index (χ0n) is 7.24. The number of aromatic nitrogens is 3. The second-order valence-corrected chi connectivity index (χ2v) is 3.22. The van der Waals surface area contributed by atoms with Crippen molar-refractivity contribution in [1.29, 1.82) is 0 Å². The molecule has 0 aliphatic heterocycles. The minimum atomic E-state index is -0.513. The van der Waals surface area contributed by atoms with Gasteiger partial charge in [-0.2, -0.15) is 0 Å². The number of aromatic amines is 1. The Bertz CT molecular complexity index is 614. The van der Waals surface area contributed by atoms with E-state index in [-0.39, 0.29) is 16.1 Å². The van der Waals surface area contributed by atoms with Gasteiger partial charge in [0.15, 0.2) is 5.65 Å². The number of rotatable bonds is 0. The summed E-state index contributed by atoms with van der Waals surface area (Å²) >= 11 is 5.81. The summed E-state index contributed by atoms with van der Waals surface area (Å²) in [5, 5.41) is 0.517. The third kappa shape index (κ3) is 1.13. The number of aryl methyl sites for hydroxylation is 1. The zero-order valence-corrected chi connectivity index (χ0v) is 8.00. The van der Waals surface area contributed by atoms with E-state index in [1.807, 2.05) is 0 Å². The molecule has 2 aromatic rings. The Morgan fingerprint density at radius 3 is 2.93 bits per heavy atom. The van der Waals surface area contributed by atoms with Crippen LogP contribution in [-0.4, -0.2) is 14.5 Å². The Morgan fingerprint density at radius 2 is 2.21 bits per heavy atom. The van der Waals surface area contributed by atoms with Crippen LogP contribution in [0, 0.1) is 0 Å². The molecule has 2 heterocycles. The first-order chi connectivity index (χ1) is 6.61. The van der Waals surface area contributed by atoms with Gasteiger partial charge in [0.2, 0.25) is 0 Å². The van der Waals surface area contributed by atoms with Crippen LogP contribution in [0.1, 0.15) is 0 Å². The second kappa shape index (κ2) is 2.95. The molecule has 0 spiro atoms. The minimum absolute atomic E-state index is 0.233. The van der Waals surface area contributed by atoms with E-state index in [2.05, 4.69) is 9.97 Å². The Balaban J connectivity index is 3.18. The number of halogens is 1. The highest BCUT2D eigenvalue weighted by molar-refractivity contribution is 6.35. The summed E-state index contributed by atoms with van der Waals surface area (Å²) in [4.78, 5) is 28.6. The second-order valence-electron chi connectivity index (χ2n) is 2.81. The fraction of sp³-hybridized carbons (Fsp3) is 0.125. The van der Waals surface area contributed by atoms with Crippen molar-refractivity contribution in [3.63, 3.8) is 0 Å². The van der Waals surface area contributed by atoms with Crippen LogP contribution < -0.4 is 11.2 Å². The number of H-pyrrole nitrogens is 1. The largest absolute Gasteiger partial charge is 0.329 e. The maximum absolute atomic E-state index is 11.4. The molecule has 2 aromatic heterocycles. The van der Waals surface area contributed by atoms with E-state index in [1.54, 1.807) is 0 Å². The smallest absolute Gasteiger partial charge is 0.281 e. The first-order valence-electron chi connectivity index (χ1n) is 3.85. The van der Waals surface area contributed by atoms with Crippen LogP contribution >= 0.6 is 11.6 Å². The average Bonchev–Trinajstić information content (AvgIpc) is 2.14. The van der Waals surface area contributed by atoms with E-state index in [1.165, 1.54) is 23.9 Å². The predicted octanol–water partition coefficient (Wildman–Crippen LogP) is 0.275. The summed E-state index contributed by atoms with van der Waals surface area (Å²) in [6.45, 7) is 0. The van der Waals surface area contributed by atoms with Gasteiger partial charge in [0.1, 0.15) is 5.39 Å². The molecule has 14 heavy (non-hydrogen) atoms. The number of nitrogens with zero attached hydrogens (tertiary/aromatic N) is 2. The summed E-state index contributed by atoms with van der Waals surface area (Å²) in [5.74, 6) is 0. The summed E-state index contributed by atoms with van der Waals surface area (Å²) in [7, 11) is 1.52. The van der Waals surface area contributed by atoms with Gasteiger partial charge in [0, 0.05) is 13.2 Å². The molecule has 0 atom stereocenters. The van der Waals surface area contributed by atoms with Crippen molar-refractivity contribution in [1.82, 2.24) is 14.5 Å². The molecule has 2 rings (SSSR count). The number of pyridine rings is 1. The minimum Gasteiger partial charge on any atom is -0.281 e. The molecule has 5 nitrogen and oxygen atoms in total. The van der Waals surface area contributed by atoms with Gasteiger partial charge < -0.3 is 0 Å². The van der Waals surface area contributed by atoms with Crippen LogP contribution in [0.3, 0.4) is 0 Å². The molecule has 0 amide bonds. The van der Waals surface area contributed by atoms with Gasteiger partial charge in [-0.1, -0.05) is 11.6 Å². The number of fused-ring (bicyclic) bond motifs is 1. The summed E-state index contributed by atoms with van der Waals surface area (Å²) in [5.41, 5.74) is -0.732. The molecule has 0 unspecified atom stereocenters. The maximum Gasteiger partial charge on any atom is 0.329 e. The Hall–Kier alpha value is -1.62. The zero-order chi connectivity index (χ0) is 10.3. The van der Waals surface area contributed by atoms with Gasteiger partial charge in [-0.25, -0.2) is 9.78 Å². The van der Waals surface area contributed by atoms with Crippen molar-refractivity contribution in [2.45, 2.75) is 0 Å². The average molecular weight is 212 g/mol. The van der Waals surface area contributed by atoms with Gasteiger partial charge in [-0.3, -0.25) is 14.3 Å². The molecule has 72 valence electrons. The molecule has 1 N–H and O–H groups in total. The van der Waals surface area contributed by atoms with E-state index in [9.17, 15) is 9.59 Å². The highest BCUT2D eigenvalue weighted by Gasteiger charge is 2.08. The molecule has 0 saturated carbocycles. The lowest BCUT2D eigenvalue weighted by Crippen LogP contribution is -2.29. The molecule has 0 bridgehead atoms. The topological polar surface area (TPSA) is 67.8 Å². The normalized spacial score (nSPS) is 10.7. The van der Waals surface area contributed by atoms with Gasteiger partial charge >= 0.3 is 5.69 Å². The van der Waals surface area contributed by atoms with E-state index in [4.69, 9.17) is 11.6 Å². The highest BCUT2D eigenvalue weighted by Crippen LogP contribution is 2.15. The van der Waals surface area contributed by atoms with E-state index in [0.717, 1.165) is 0 Å². The molecule has 0 fully saturated rings. The van der Waals surface area contributed by atoms with Crippen molar-refractivity contribution in [2.24, 2.45) is 7.05 Å². The Kier molecular flexibility index (Phi) is 1.89. The van der Waals surface area contributed by atoms with E-state index < -0.39 is 11.2 Å². The van der Waals surface area contributed by atoms with E-state index >= 15 is 0 Å². The van der Waals surface area contributed by atoms with E-state index in [0.29, 0.717) is 0 Å². The van der Waals surface area contributed by atoms with Crippen LogP contribution in [0.2, 0.25) is 5.02 Å². The van der Waals surface area contributed by atoms with Crippen molar-refractivity contribution < 1.29 is 0 Å². The van der Waals surface area contributed by atoms with Gasteiger partial charge in [0.25, 0.3) is 5.56 Å². The fourth-order valence-electron chi connectivity index (χ4n) is 1.23. The van der Waals surface area contributed by atoms with Crippen LogP contribution in [-0.2, 0) is 7.05 Å². The van der Waals surface area contributed by atoms with Crippen LogP contribution in [0.5, 0.6) is 0 Å². The van der Waals surface area contributed by atoms with Crippen LogP contribution in [0.15, 0.2) is 21.9 Å². The third-order valence-corrected chi connectivity index (χ3v) is 2.26. The maximum atomic E-state index is 11.4. The Labute approximate surface area is 83.0 Å². The number of nitrogens with one attached hydrogen (secondary N) is 1. The van der Waals surface area contributed by atoms with Gasteiger partial charge in [0.05, 0.1) is 5.02 Å². The predicted molar refractivity (Wildman–Crippen MR) is 52.6 cm³/mol. The van der Waals surface area contributed by atoms with Crippen LogP contribution in [0.25, 0.3) is 11.0 Å². The third-order valence-electron chi connectivity index (χ3n) is 1.95. The van der Waals surface area contributed by atoms with Crippen LogP contribution in [0.4, 0.5) is 0 Å². The number of hydrogen-bond donors (Lipinski definition) is 1. The molecule has 0 radical (unpaired) electrons. The number of hydrogen-bond acceptors (Lipinski definition) is 3. The van der Waals surface area contributed by atoms with Gasteiger partial charge in [-0.05, 0) is 6.07 Å².